The molecule has 6 heteroatoms. The minimum absolute atomic E-state index is 0.0183. The normalized spacial score (nSPS) is 17.6. The average molecular weight is 299 g/mol. The summed E-state index contributed by atoms with van der Waals surface area (Å²) in [6.45, 7) is 4.33. The molecule has 6 nitrogen and oxygen atoms in total. The zero-order valence-electron chi connectivity index (χ0n) is 13.0. The van der Waals surface area contributed by atoms with Gasteiger partial charge in [-0.1, -0.05) is 13.3 Å². The standard InChI is InChI=1S/C15H29N3O3/c1-2-4-13(11-16)15(21)18-8-5-12(6-9-18)14(20)17-7-3-10-19/h12-13,19H,2-11,16H2,1H3,(H,17,20). The predicted octanol–water partition coefficient (Wildman–Crippen LogP) is 0.0986. The zero-order valence-corrected chi connectivity index (χ0v) is 13.0. The molecule has 0 bridgehead atoms. The molecule has 1 fully saturated rings. The van der Waals surface area contributed by atoms with Crippen molar-refractivity contribution in [3.8, 4) is 0 Å². The lowest BCUT2D eigenvalue weighted by molar-refractivity contribution is -0.139. The van der Waals surface area contributed by atoms with Gasteiger partial charge >= 0.3 is 0 Å². The Kier molecular flexibility index (Phi) is 8.30. The number of nitrogens with two attached hydrogens (primary N) is 1. The van der Waals surface area contributed by atoms with Gasteiger partial charge in [0.1, 0.15) is 0 Å². The molecule has 4 N–H and O–H groups in total. The van der Waals surface area contributed by atoms with Crippen LogP contribution in [0, 0.1) is 11.8 Å². The van der Waals surface area contributed by atoms with Crippen molar-refractivity contribution in [1.82, 2.24) is 10.2 Å². The monoisotopic (exact) mass is 299 g/mol. The highest BCUT2D eigenvalue weighted by molar-refractivity contribution is 5.81. The second kappa shape index (κ2) is 9.73. The lowest BCUT2D eigenvalue weighted by Gasteiger charge is -2.33. The van der Waals surface area contributed by atoms with Gasteiger partial charge in [0, 0.05) is 38.7 Å². The average Bonchev–Trinajstić information content (AvgIpc) is 2.52. The Bertz CT molecular complexity index is 328. The van der Waals surface area contributed by atoms with E-state index in [1.807, 2.05) is 4.90 Å². The number of hydrogen-bond donors (Lipinski definition) is 3. The number of likely N-dealkylation sites (tertiary alicyclic amines) is 1. The maximum atomic E-state index is 12.3. The van der Waals surface area contributed by atoms with E-state index in [-0.39, 0.29) is 30.3 Å². The Morgan fingerprint density at radius 3 is 2.57 bits per heavy atom. The molecule has 0 aromatic carbocycles. The number of piperidine rings is 1. The molecule has 2 amide bonds. The van der Waals surface area contributed by atoms with Crippen LogP contribution in [0.4, 0.5) is 0 Å². The van der Waals surface area contributed by atoms with Crippen molar-refractivity contribution in [3.05, 3.63) is 0 Å². The SMILES string of the molecule is CCCC(CN)C(=O)N1CCC(C(=O)NCCCO)CC1. The molecule has 0 aromatic heterocycles. The molecular weight excluding hydrogens is 270 g/mol. The van der Waals surface area contributed by atoms with E-state index in [9.17, 15) is 9.59 Å². The van der Waals surface area contributed by atoms with Crippen LogP contribution in [-0.4, -0.2) is 54.6 Å². The van der Waals surface area contributed by atoms with Crippen molar-refractivity contribution < 1.29 is 14.7 Å². The van der Waals surface area contributed by atoms with E-state index >= 15 is 0 Å². The van der Waals surface area contributed by atoms with Crippen LogP contribution in [-0.2, 0) is 9.59 Å². The first-order valence-electron chi connectivity index (χ1n) is 8.01. The van der Waals surface area contributed by atoms with Crippen LogP contribution in [0.25, 0.3) is 0 Å². The molecule has 1 saturated heterocycles. The summed E-state index contributed by atoms with van der Waals surface area (Å²) in [5, 5.41) is 11.5. The number of rotatable bonds is 8. The minimum Gasteiger partial charge on any atom is -0.396 e. The van der Waals surface area contributed by atoms with Gasteiger partial charge in [-0.05, 0) is 25.7 Å². The second-order valence-electron chi connectivity index (χ2n) is 5.69. The van der Waals surface area contributed by atoms with Crippen LogP contribution in [0.2, 0.25) is 0 Å². The number of nitrogens with zero attached hydrogens (tertiary/aromatic N) is 1. The van der Waals surface area contributed by atoms with Crippen LogP contribution in [0.3, 0.4) is 0 Å². The molecule has 1 unspecified atom stereocenters. The Balaban J connectivity index is 2.37. The van der Waals surface area contributed by atoms with E-state index in [4.69, 9.17) is 10.8 Å². The van der Waals surface area contributed by atoms with E-state index in [0.29, 0.717) is 45.4 Å². The van der Waals surface area contributed by atoms with Crippen LogP contribution in [0.1, 0.15) is 39.0 Å². The summed E-state index contributed by atoms with van der Waals surface area (Å²) in [6.07, 6.45) is 3.78. The van der Waals surface area contributed by atoms with Crippen molar-refractivity contribution in [3.63, 3.8) is 0 Å². The van der Waals surface area contributed by atoms with Crippen molar-refractivity contribution >= 4 is 11.8 Å². The van der Waals surface area contributed by atoms with Crippen LogP contribution in [0.5, 0.6) is 0 Å². The smallest absolute Gasteiger partial charge is 0.226 e. The molecule has 0 aliphatic carbocycles. The molecule has 1 aliphatic heterocycles. The molecule has 122 valence electrons. The maximum Gasteiger partial charge on any atom is 0.226 e. The van der Waals surface area contributed by atoms with Gasteiger partial charge in [0.05, 0.1) is 5.92 Å². The Morgan fingerprint density at radius 1 is 1.38 bits per heavy atom. The lowest BCUT2D eigenvalue weighted by atomic mass is 9.94. The highest BCUT2D eigenvalue weighted by Crippen LogP contribution is 2.20. The number of carbonyl (C=O) groups excluding carboxylic acids is 2. The van der Waals surface area contributed by atoms with Crippen molar-refractivity contribution in [2.75, 3.05) is 32.8 Å². The van der Waals surface area contributed by atoms with E-state index < -0.39 is 0 Å². The summed E-state index contributed by atoms with van der Waals surface area (Å²) in [6, 6.07) is 0. The quantitative estimate of drug-likeness (QED) is 0.554. The van der Waals surface area contributed by atoms with Gasteiger partial charge in [-0.3, -0.25) is 9.59 Å². The topological polar surface area (TPSA) is 95.7 Å². The second-order valence-corrected chi connectivity index (χ2v) is 5.69. The molecular formula is C15H29N3O3. The lowest BCUT2D eigenvalue weighted by Crippen LogP contribution is -2.46. The summed E-state index contributed by atoms with van der Waals surface area (Å²) in [5.41, 5.74) is 5.68. The van der Waals surface area contributed by atoms with Crippen molar-refractivity contribution in [2.24, 2.45) is 17.6 Å². The number of aliphatic hydroxyl groups is 1. The van der Waals surface area contributed by atoms with Gasteiger partial charge in [-0.25, -0.2) is 0 Å². The van der Waals surface area contributed by atoms with E-state index in [0.717, 1.165) is 12.8 Å². The summed E-state index contributed by atoms with van der Waals surface area (Å²) in [7, 11) is 0. The third kappa shape index (κ3) is 5.63. The molecule has 1 atom stereocenters. The summed E-state index contributed by atoms with van der Waals surface area (Å²) >= 11 is 0. The molecule has 1 rings (SSSR count). The number of carbonyl (C=O) groups is 2. The fourth-order valence-electron chi connectivity index (χ4n) is 2.75. The Hall–Kier alpha value is -1.14. The van der Waals surface area contributed by atoms with Crippen LogP contribution < -0.4 is 11.1 Å². The predicted molar refractivity (Wildman–Crippen MR) is 81.5 cm³/mol. The third-order valence-electron chi connectivity index (χ3n) is 4.08. The van der Waals surface area contributed by atoms with Gasteiger partial charge in [0.25, 0.3) is 0 Å². The summed E-state index contributed by atoms with van der Waals surface area (Å²) < 4.78 is 0. The number of hydrogen-bond acceptors (Lipinski definition) is 4. The first kappa shape index (κ1) is 17.9. The zero-order chi connectivity index (χ0) is 15.7. The Labute approximate surface area is 127 Å². The highest BCUT2D eigenvalue weighted by atomic mass is 16.3. The number of aliphatic hydroxyl groups excluding tert-OH is 1. The Morgan fingerprint density at radius 2 is 2.05 bits per heavy atom. The van der Waals surface area contributed by atoms with Crippen molar-refractivity contribution in [1.29, 1.82) is 0 Å². The molecule has 21 heavy (non-hydrogen) atoms. The molecule has 0 saturated carbocycles. The van der Waals surface area contributed by atoms with Gasteiger partial charge in [-0.2, -0.15) is 0 Å². The number of amides is 2. The molecule has 0 spiro atoms. The molecule has 1 heterocycles. The summed E-state index contributed by atoms with van der Waals surface area (Å²) in [5.74, 6) is 0.0816. The van der Waals surface area contributed by atoms with Crippen LogP contribution in [0.15, 0.2) is 0 Å². The van der Waals surface area contributed by atoms with Gasteiger partial charge in [0.15, 0.2) is 0 Å². The van der Waals surface area contributed by atoms with Gasteiger partial charge in [-0.15, -0.1) is 0 Å². The molecule has 0 radical (unpaired) electrons. The van der Waals surface area contributed by atoms with Crippen LogP contribution >= 0.6 is 0 Å². The summed E-state index contributed by atoms with van der Waals surface area (Å²) in [4.78, 5) is 26.1. The first-order chi connectivity index (χ1) is 10.1. The first-order valence-corrected chi connectivity index (χ1v) is 8.01. The third-order valence-corrected chi connectivity index (χ3v) is 4.08. The fraction of sp³-hybridized carbons (Fsp3) is 0.867. The van der Waals surface area contributed by atoms with E-state index in [1.54, 1.807) is 0 Å². The maximum absolute atomic E-state index is 12.3. The molecule has 1 aliphatic rings. The minimum atomic E-state index is -0.0788. The number of nitrogens with one attached hydrogen (secondary N) is 1. The molecule has 0 aromatic rings. The highest BCUT2D eigenvalue weighted by Gasteiger charge is 2.29. The van der Waals surface area contributed by atoms with Gasteiger partial charge in [0.2, 0.25) is 11.8 Å². The van der Waals surface area contributed by atoms with E-state index in [1.165, 1.54) is 0 Å². The van der Waals surface area contributed by atoms with Crippen molar-refractivity contribution in [2.45, 2.75) is 39.0 Å². The van der Waals surface area contributed by atoms with Gasteiger partial charge < -0.3 is 21.1 Å². The van der Waals surface area contributed by atoms with E-state index in [2.05, 4.69) is 12.2 Å². The fourth-order valence-corrected chi connectivity index (χ4v) is 2.75. The largest absolute Gasteiger partial charge is 0.396 e.